The average molecular weight is 625 g/mol. The van der Waals surface area contributed by atoms with Gasteiger partial charge < -0.3 is 25.3 Å². The monoisotopic (exact) mass is 623 g/mol. The Labute approximate surface area is 263 Å². The summed E-state index contributed by atoms with van der Waals surface area (Å²) in [6.45, 7) is 5.08. The number of hydrogen-bond acceptors (Lipinski definition) is 4. The van der Waals surface area contributed by atoms with Crippen molar-refractivity contribution in [3.63, 3.8) is 0 Å². The summed E-state index contributed by atoms with van der Waals surface area (Å²) in [5, 5.41) is 7.45. The second kappa shape index (κ2) is 16.2. The highest BCUT2D eigenvalue weighted by Crippen LogP contribution is 2.31. The van der Waals surface area contributed by atoms with Crippen LogP contribution in [-0.2, 0) is 16.0 Å². The number of piperidine rings is 1. The van der Waals surface area contributed by atoms with Gasteiger partial charge in [0, 0.05) is 63.3 Å². The molecule has 2 saturated carbocycles. The minimum absolute atomic E-state index is 0. The number of carbonyl (C=O) groups is 3. The zero-order valence-electron chi connectivity index (χ0n) is 25.8. The van der Waals surface area contributed by atoms with Gasteiger partial charge in [-0.15, -0.1) is 12.4 Å². The van der Waals surface area contributed by atoms with E-state index in [1.54, 1.807) is 11.8 Å². The molecular formula is C32H51Cl2N5O3. The molecule has 2 aliphatic carbocycles. The number of carbonyl (C=O) groups excluding carboxylic acids is 3. The molecule has 0 spiro atoms. The summed E-state index contributed by atoms with van der Waals surface area (Å²) in [4.78, 5) is 44.9. The summed E-state index contributed by atoms with van der Waals surface area (Å²) < 4.78 is 0. The van der Waals surface area contributed by atoms with Gasteiger partial charge in [-0.05, 0) is 75.0 Å². The number of amides is 4. The summed E-state index contributed by atoms with van der Waals surface area (Å²) in [5.74, 6) is 0.351. The molecule has 42 heavy (non-hydrogen) atoms. The van der Waals surface area contributed by atoms with Crippen molar-refractivity contribution in [2.75, 3.05) is 27.2 Å². The molecule has 0 unspecified atom stereocenters. The summed E-state index contributed by atoms with van der Waals surface area (Å²) in [5.41, 5.74) is 1.08. The quantitative estimate of drug-likeness (QED) is 0.413. The molecule has 3 aliphatic rings. The highest BCUT2D eigenvalue weighted by Gasteiger charge is 2.40. The molecule has 10 heteroatoms. The molecular weight excluding hydrogens is 573 g/mol. The summed E-state index contributed by atoms with van der Waals surface area (Å²) >= 11 is 6.14. The first-order chi connectivity index (χ1) is 19.6. The fourth-order valence-corrected chi connectivity index (χ4v) is 7.30. The van der Waals surface area contributed by atoms with Crippen LogP contribution in [0.4, 0.5) is 4.79 Å². The van der Waals surface area contributed by atoms with Crippen molar-refractivity contribution in [1.29, 1.82) is 0 Å². The molecule has 1 aromatic carbocycles. The number of urea groups is 1. The van der Waals surface area contributed by atoms with Crippen LogP contribution in [0.2, 0.25) is 5.02 Å². The summed E-state index contributed by atoms with van der Waals surface area (Å²) in [7, 11) is 3.69. The number of nitrogens with one attached hydrogen (secondary N) is 2. The van der Waals surface area contributed by atoms with Crippen molar-refractivity contribution in [3.05, 3.63) is 34.9 Å². The molecule has 1 heterocycles. The standard InChI is InChI=1S/C32H50ClN5O3.ClH/c1-22-21-37(19-18-30(22)38(32(41)36(3)4)28-8-6-5-7-9-28)31(40)29(20-24-10-12-25(33)13-11-24)35-27-16-14-26(15-17-27)34-23(2)39;/h10-13,22,26-30,35H,5-9,14-21H2,1-4H3,(H,34,39);1H/t22-,26-,27+,29+,30-;/m0./s1. The van der Waals surface area contributed by atoms with Gasteiger partial charge >= 0.3 is 6.03 Å². The molecule has 1 aromatic rings. The van der Waals surface area contributed by atoms with Crippen LogP contribution in [0, 0.1) is 5.92 Å². The van der Waals surface area contributed by atoms with E-state index in [2.05, 4.69) is 22.5 Å². The van der Waals surface area contributed by atoms with Gasteiger partial charge in [-0.2, -0.15) is 0 Å². The summed E-state index contributed by atoms with van der Waals surface area (Å²) in [6.07, 6.45) is 10.8. The van der Waals surface area contributed by atoms with Gasteiger partial charge in [-0.3, -0.25) is 9.59 Å². The van der Waals surface area contributed by atoms with Crippen LogP contribution in [0.1, 0.15) is 83.6 Å². The van der Waals surface area contributed by atoms with E-state index in [4.69, 9.17) is 11.6 Å². The van der Waals surface area contributed by atoms with Crippen molar-refractivity contribution >= 4 is 41.9 Å². The molecule has 3 atom stereocenters. The molecule has 236 valence electrons. The molecule has 0 aromatic heterocycles. The van der Waals surface area contributed by atoms with Gasteiger partial charge in [-0.1, -0.05) is 49.9 Å². The largest absolute Gasteiger partial charge is 0.354 e. The molecule has 3 fully saturated rings. The fourth-order valence-electron chi connectivity index (χ4n) is 7.18. The van der Waals surface area contributed by atoms with Gasteiger partial charge in [0.25, 0.3) is 0 Å². The van der Waals surface area contributed by atoms with Gasteiger partial charge in [0.1, 0.15) is 0 Å². The summed E-state index contributed by atoms with van der Waals surface area (Å²) in [6, 6.07) is 8.42. The zero-order valence-corrected chi connectivity index (χ0v) is 27.4. The topological polar surface area (TPSA) is 85.0 Å². The molecule has 0 bridgehead atoms. The lowest BCUT2D eigenvalue weighted by molar-refractivity contribution is -0.136. The van der Waals surface area contributed by atoms with Gasteiger partial charge in [0.05, 0.1) is 6.04 Å². The van der Waals surface area contributed by atoms with Crippen molar-refractivity contribution < 1.29 is 14.4 Å². The maximum Gasteiger partial charge on any atom is 0.319 e. The number of benzene rings is 1. The Morgan fingerprint density at radius 2 is 1.57 bits per heavy atom. The van der Waals surface area contributed by atoms with Crippen LogP contribution in [0.15, 0.2) is 24.3 Å². The Hall–Kier alpha value is -2.03. The number of likely N-dealkylation sites (tertiary alicyclic amines) is 1. The first kappa shape index (κ1) is 34.5. The first-order valence-corrected chi connectivity index (χ1v) is 16.1. The normalized spacial score (nSPS) is 25.6. The van der Waals surface area contributed by atoms with Crippen LogP contribution < -0.4 is 10.6 Å². The minimum Gasteiger partial charge on any atom is -0.354 e. The van der Waals surface area contributed by atoms with Crippen molar-refractivity contribution in [1.82, 2.24) is 25.3 Å². The fraction of sp³-hybridized carbons (Fsp3) is 0.719. The lowest BCUT2D eigenvalue weighted by atomic mass is 9.87. The maximum absolute atomic E-state index is 14.1. The third-order valence-electron chi connectivity index (χ3n) is 9.32. The highest BCUT2D eigenvalue weighted by atomic mass is 35.5. The van der Waals surface area contributed by atoms with Crippen LogP contribution in [0.25, 0.3) is 0 Å². The van der Waals surface area contributed by atoms with Crippen LogP contribution in [0.3, 0.4) is 0 Å². The minimum atomic E-state index is -0.333. The Morgan fingerprint density at radius 3 is 2.14 bits per heavy atom. The van der Waals surface area contributed by atoms with E-state index in [-0.39, 0.29) is 60.3 Å². The second-order valence-electron chi connectivity index (χ2n) is 12.8. The van der Waals surface area contributed by atoms with Crippen molar-refractivity contribution in [3.8, 4) is 0 Å². The SMILES string of the molecule is CC(=O)N[C@H]1CC[C@@H](N[C@H](Cc2ccc(Cl)cc2)C(=O)N2CC[C@H](N(C(=O)N(C)C)C3CCCCC3)[C@@H](C)C2)CC1.Cl. The van der Waals surface area contributed by atoms with E-state index in [9.17, 15) is 14.4 Å². The van der Waals surface area contributed by atoms with Crippen LogP contribution in [0.5, 0.6) is 0 Å². The smallest absolute Gasteiger partial charge is 0.319 e. The Bertz CT molecular complexity index is 1030. The van der Waals surface area contributed by atoms with E-state index in [0.717, 1.165) is 50.5 Å². The number of rotatable bonds is 8. The molecule has 1 aliphatic heterocycles. The Morgan fingerprint density at radius 1 is 0.952 bits per heavy atom. The van der Waals surface area contributed by atoms with Crippen molar-refractivity contribution in [2.45, 2.75) is 115 Å². The van der Waals surface area contributed by atoms with E-state index in [0.29, 0.717) is 30.6 Å². The van der Waals surface area contributed by atoms with Gasteiger partial charge in [0.15, 0.2) is 0 Å². The molecule has 1 saturated heterocycles. The highest BCUT2D eigenvalue weighted by molar-refractivity contribution is 6.30. The first-order valence-electron chi connectivity index (χ1n) is 15.7. The van der Waals surface area contributed by atoms with Gasteiger partial charge in [0.2, 0.25) is 11.8 Å². The Kier molecular flexibility index (Phi) is 13.3. The van der Waals surface area contributed by atoms with Crippen LogP contribution in [-0.4, -0.2) is 89.9 Å². The van der Waals surface area contributed by atoms with E-state index >= 15 is 0 Å². The number of hydrogen-bond donors (Lipinski definition) is 2. The van der Waals surface area contributed by atoms with E-state index in [1.165, 1.54) is 19.3 Å². The molecule has 0 radical (unpaired) electrons. The molecule has 4 rings (SSSR count). The zero-order chi connectivity index (χ0) is 29.5. The predicted octanol–water partition coefficient (Wildman–Crippen LogP) is 5.26. The third kappa shape index (κ3) is 9.23. The Balaban J connectivity index is 0.00000484. The lowest BCUT2D eigenvalue weighted by Crippen LogP contribution is -2.60. The number of nitrogens with zero attached hydrogens (tertiary/aromatic N) is 3. The van der Waals surface area contributed by atoms with Gasteiger partial charge in [-0.25, -0.2) is 4.79 Å². The average Bonchev–Trinajstić information content (AvgIpc) is 2.95. The maximum atomic E-state index is 14.1. The molecule has 2 N–H and O–H groups in total. The third-order valence-corrected chi connectivity index (χ3v) is 9.58. The predicted molar refractivity (Wildman–Crippen MR) is 171 cm³/mol. The van der Waals surface area contributed by atoms with Crippen molar-refractivity contribution in [2.24, 2.45) is 5.92 Å². The molecule has 8 nitrogen and oxygen atoms in total. The van der Waals surface area contributed by atoms with E-state index < -0.39 is 0 Å². The molecule has 4 amide bonds. The van der Waals surface area contributed by atoms with E-state index in [1.807, 2.05) is 43.3 Å². The van der Waals surface area contributed by atoms with Crippen LogP contribution >= 0.6 is 24.0 Å². The number of halogens is 2. The second-order valence-corrected chi connectivity index (χ2v) is 13.2. The lowest BCUT2D eigenvalue weighted by Gasteiger charge is -2.48.